The smallest absolute Gasteiger partial charge is 0.150 e. The average Bonchev–Trinajstić information content (AvgIpc) is 2.06. The molecule has 1 fully saturated rings. The Bertz CT molecular complexity index is 232. The molecule has 13 heavy (non-hydrogen) atoms. The summed E-state index contributed by atoms with van der Waals surface area (Å²) in [5.41, 5.74) is 5.15. The van der Waals surface area contributed by atoms with Crippen molar-refractivity contribution >= 4 is 22.2 Å². The summed E-state index contributed by atoms with van der Waals surface area (Å²) in [4.78, 5) is 0. The van der Waals surface area contributed by atoms with Crippen molar-refractivity contribution < 1.29 is 13.5 Å². The van der Waals surface area contributed by atoms with Crippen molar-refractivity contribution in [1.82, 2.24) is 0 Å². The van der Waals surface area contributed by atoms with E-state index in [1.165, 1.54) is 0 Å². The topological polar surface area (TPSA) is 80.4 Å². The number of halogens is 1. The lowest BCUT2D eigenvalue weighted by molar-refractivity contribution is 0.120. The minimum atomic E-state index is -2.84. The lowest BCUT2D eigenvalue weighted by Crippen LogP contribution is -2.41. The van der Waals surface area contributed by atoms with Gasteiger partial charge >= 0.3 is 0 Å². The summed E-state index contributed by atoms with van der Waals surface area (Å²) in [6, 6.07) is 0. The molecule has 1 aliphatic heterocycles. The van der Waals surface area contributed by atoms with Gasteiger partial charge in [-0.2, -0.15) is 0 Å². The van der Waals surface area contributed by atoms with Gasteiger partial charge < -0.3 is 10.8 Å². The van der Waals surface area contributed by atoms with Crippen molar-refractivity contribution in [2.24, 2.45) is 11.1 Å². The van der Waals surface area contributed by atoms with Gasteiger partial charge in [0.15, 0.2) is 0 Å². The highest BCUT2D eigenvalue weighted by molar-refractivity contribution is 7.91. The predicted molar refractivity (Wildman–Crippen MR) is 53.7 cm³/mol. The van der Waals surface area contributed by atoms with E-state index in [0.29, 0.717) is 19.4 Å². The molecule has 80 valence electrons. The van der Waals surface area contributed by atoms with Crippen LogP contribution in [0.4, 0.5) is 0 Å². The first kappa shape index (κ1) is 13.2. The number of aliphatic hydroxyl groups is 1. The third kappa shape index (κ3) is 3.09. The molecule has 0 spiro atoms. The van der Waals surface area contributed by atoms with E-state index in [1.807, 2.05) is 0 Å². The summed E-state index contributed by atoms with van der Waals surface area (Å²) in [6.45, 7) is 0.373. The Kier molecular flexibility index (Phi) is 4.65. The zero-order chi connectivity index (χ0) is 9.24. The van der Waals surface area contributed by atoms with E-state index < -0.39 is 9.84 Å². The Morgan fingerprint density at radius 3 is 2.08 bits per heavy atom. The van der Waals surface area contributed by atoms with E-state index in [9.17, 15) is 8.42 Å². The maximum atomic E-state index is 11.0. The Labute approximate surface area is 84.8 Å². The zero-order valence-corrected chi connectivity index (χ0v) is 9.03. The second kappa shape index (κ2) is 4.59. The van der Waals surface area contributed by atoms with E-state index in [4.69, 9.17) is 10.8 Å². The minimum Gasteiger partial charge on any atom is -0.396 e. The second-order valence-corrected chi connectivity index (χ2v) is 5.82. The van der Waals surface area contributed by atoms with Crippen molar-refractivity contribution in [2.75, 3.05) is 24.7 Å². The normalized spacial score (nSPS) is 24.8. The first-order valence-electron chi connectivity index (χ1n) is 4.05. The van der Waals surface area contributed by atoms with Gasteiger partial charge in [0.25, 0.3) is 0 Å². The molecule has 1 saturated heterocycles. The maximum Gasteiger partial charge on any atom is 0.150 e. The van der Waals surface area contributed by atoms with Crippen LogP contribution in [0.25, 0.3) is 0 Å². The van der Waals surface area contributed by atoms with Crippen LogP contribution in [0.2, 0.25) is 0 Å². The average molecular weight is 230 g/mol. The first-order valence-corrected chi connectivity index (χ1v) is 5.87. The first-order chi connectivity index (χ1) is 5.54. The molecule has 0 aromatic heterocycles. The molecule has 0 bridgehead atoms. The molecule has 1 heterocycles. The van der Waals surface area contributed by atoms with Crippen molar-refractivity contribution in [3.63, 3.8) is 0 Å². The molecule has 0 aromatic carbocycles. The molecule has 0 unspecified atom stereocenters. The Balaban J connectivity index is 0.00000144. The highest BCUT2D eigenvalue weighted by Gasteiger charge is 2.35. The molecule has 0 radical (unpaired) electrons. The third-order valence-electron chi connectivity index (χ3n) is 2.66. The zero-order valence-electron chi connectivity index (χ0n) is 7.40. The van der Waals surface area contributed by atoms with Crippen LogP contribution in [0, 0.1) is 5.41 Å². The van der Waals surface area contributed by atoms with Gasteiger partial charge in [0.05, 0.1) is 11.5 Å². The van der Waals surface area contributed by atoms with Gasteiger partial charge in [0.2, 0.25) is 0 Å². The molecule has 0 amide bonds. The molecule has 3 N–H and O–H groups in total. The van der Waals surface area contributed by atoms with Crippen LogP contribution in [0.15, 0.2) is 0 Å². The quantitative estimate of drug-likeness (QED) is 0.673. The van der Waals surface area contributed by atoms with E-state index in [0.717, 1.165) is 0 Å². The molecule has 0 saturated carbocycles. The molecule has 6 heteroatoms. The fraction of sp³-hybridized carbons (Fsp3) is 1.00. The van der Waals surface area contributed by atoms with Gasteiger partial charge in [0.1, 0.15) is 9.84 Å². The number of nitrogens with two attached hydrogens (primary N) is 1. The lowest BCUT2D eigenvalue weighted by atomic mass is 9.83. The second-order valence-electron chi connectivity index (χ2n) is 3.51. The number of rotatable bonds is 2. The summed E-state index contributed by atoms with van der Waals surface area (Å²) in [5.74, 6) is 0.343. The van der Waals surface area contributed by atoms with Gasteiger partial charge in [-0.1, -0.05) is 0 Å². The highest BCUT2D eigenvalue weighted by atomic mass is 35.5. The summed E-state index contributed by atoms with van der Waals surface area (Å²) < 4.78 is 22.1. The van der Waals surface area contributed by atoms with E-state index in [2.05, 4.69) is 0 Å². The maximum absolute atomic E-state index is 11.0. The SMILES string of the molecule is Cl.NCC1(CO)CCS(=O)(=O)CC1. The van der Waals surface area contributed by atoms with Crippen LogP contribution in [-0.2, 0) is 9.84 Å². The monoisotopic (exact) mass is 229 g/mol. The molecule has 1 aliphatic rings. The Hall–Kier alpha value is 0.160. The number of hydrogen-bond acceptors (Lipinski definition) is 4. The number of sulfone groups is 1. The number of hydrogen-bond donors (Lipinski definition) is 2. The molecular weight excluding hydrogens is 214 g/mol. The van der Waals surface area contributed by atoms with Crippen LogP contribution in [0.1, 0.15) is 12.8 Å². The van der Waals surface area contributed by atoms with Gasteiger partial charge in [-0.3, -0.25) is 0 Å². The molecule has 0 aromatic rings. The molecule has 0 aliphatic carbocycles. The van der Waals surface area contributed by atoms with Crippen LogP contribution < -0.4 is 5.73 Å². The van der Waals surface area contributed by atoms with Crippen molar-refractivity contribution in [3.8, 4) is 0 Å². The van der Waals surface area contributed by atoms with E-state index >= 15 is 0 Å². The molecule has 4 nitrogen and oxygen atoms in total. The van der Waals surface area contributed by atoms with Gasteiger partial charge in [-0.25, -0.2) is 8.42 Å². The van der Waals surface area contributed by atoms with Gasteiger partial charge in [-0.05, 0) is 12.8 Å². The molecular formula is C7H16ClNO3S. The van der Waals surface area contributed by atoms with Crippen molar-refractivity contribution in [3.05, 3.63) is 0 Å². The van der Waals surface area contributed by atoms with Crippen LogP contribution in [0.5, 0.6) is 0 Å². The standard InChI is InChI=1S/C7H15NO3S.ClH/c8-5-7(6-9)1-3-12(10,11)4-2-7;/h9H,1-6,8H2;1H. The van der Waals surface area contributed by atoms with Crippen LogP contribution in [0.3, 0.4) is 0 Å². The van der Waals surface area contributed by atoms with E-state index in [-0.39, 0.29) is 35.9 Å². The molecule has 1 rings (SSSR count). The summed E-state index contributed by atoms with van der Waals surface area (Å²) in [6.07, 6.45) is 1.00. The minimum absolute atomic E-state index is 0. The molecule has 0 atom stereocenters. The van der Waals surface area contributed by atoms with E-state index in [1.54, 1.807) is 0 Å². The summed E-state index contributed by atoms with van der Waals surface area (Å²) in [7, 11) is -2.84. The van der Waals surface area contributed by atoms with Gasteiger partial charge in [-0.15, -0.1) is 12.4 Å². The number of aliphatic hydroxyl groups excluding tert-OH is 1. The van der Waals surface area contributed by atoms with Crippen LogP contribution >= 0.6 is 12.4 Å². The van der Waals surface area contributed by atoms with Crippen molar-refractivity contribution in [2.45, 2.75) is 12.8 Å². The highest BCUT2D eigenvalue weighted by Crippen LogP contribution is 2.30. The van der Waals surface area contributed by atoms with Crippen molar-refractivity contribution in [1.29, 1.82) is 0 Å². The summed E-state index contributed by atoms with van der Waals surface area (Å²) >= 11 is 0. The Morgan fingerprint density at radius 2 is 1.77 bits per heavy atom. The predicted octanol–water partition coefficient (Wildman–Crippen LogP) is -0.446. The fourth-order valence-electron chi connectivity index (χ4n) is 1.40. The fourth-order valence-corrected chi connectivity index (χ4v) is 3.09. The van der Waals surface area contributed by atoms with Crippen LogP contribution in [-0.4, -0.2) is 38.2 Å². The lowest BCUT2D eigenvalue weighted by Gasteiger charge is -2.33. The third-order valence-corrected chi connectivity index (χ3v) is 4.31. The Morgan fingerprint density at radius 1 is 1.31 bits per heavy atom. The van der Waals surface area contributed by atoms with Gasteiger partial charge in [0, 0.05) is 18.6 Å². The summed E-state index contributed by atoms with van der Waals surface area (Å²) in [5, 5.41) is 9.04. The largest absolute Gasteiger partial charge is 0.396 e.